The number of sulfonamides is 1. The lowest BCUT2D eigenvalue weighted by Crippen LogP contribution is -2.22. The number of nitrogens with one attached hydrogen (secondary N) is 2. The molecule has 1 aliphatic carbocycles. The molecule has 2 aromatic heterocycles. The molecule has 22 heavy (non-hydrogen) atoms. The molecule has 0 amide bonds. The van der Waals surface area contributed by atoms with Gasteiger partial charge in [0.1, 0.15) is 4.90 Å². The highest BCUT2D eigenvalue weighted by molar-refractivity contribution is 7.92. The Balaban J connectivity index is 1.86. The quantitative estimate of drug-likeness (QED) is 0.903. The molecule has 1 fully saturated rings. The minimum atomic E-state index is -3.68. The zero-order valence-electron chi connectivity index (χ0n) is 13.2. The van der Waals surface area contributed by atoms with Crippen molar-refractivity contribution in [2.24, 2.45) is 0 Å². The van der Waals surface area contributed by atoms with Crippen molar-refractivity contribution in [3.63, 3.8) is 0 Å². The van der Waals surface area contributed by atoms with Crippen LogP contribution in [0, 0.1) is 6.92 Å². The first-order valence-corrected chi connectivity index (χ1v) is 8.79. The molecule has 1 aliphatic rings. The lowest BCUT2D eigenvalue weighted by Gasteiger charge is -2.18. The van der Waals surface area contributed by atoms with Crippen LogP contribution in [0.1, 0.15) is 50.8 Å². The Morgan fingerprint density at radius 1 is 1.36 bits per heavy atom. The van der Waals surface area contributed by atoms with Crippen LogP contribution in [-0.2, 0) is 15.6 Å². The summed E-state index contributed by atoms with van der Waals surface area (Å²) in [6, 6.07) is 0. The van der Waals surface area contributed by atoms with E-state index in [1.807, 2.05) is 27.7 Å². The zero-order valence-corrected chi connectivity index (χ0v) is 14.0. The minimum absolute atomic E-state index is 0.137. The summed E-state index contributed by atoms with van der Waals surface area (Å²) in [6.45, 7) is 7.77. The van der Waals surface area contributed by atoms with E-state index in [0.29, 0.717) is 11.7 Å². The van der Waals surface area contributed by atoms with Crippen molar-refractivity contribution in [2.75, 3.05) is 4.72 Å². The number of aromatic nitrogens is 4. The minimum Gasteiger partial charge on any atom is -0.280 e. The summed E-state index contributed by atoms with van der Waals surface area (Å²) >= 11 is 0. The molecule has 0 radical (unpaired) electrons. The van der Waals surface area contributed by atoms with Crippen LogP contribution in [0.5, 0.6) is 0 Å². The summed E-state index contributed by atoms with van der Waals surface area (Å²) in [7, 11) is -3.68. The monoisotopic (exact) mass is 323 g/mol. The maximum absolute atomic E-state index is 12.5. The SMILES string of the molecule is Cc1c(NS(=O)(=O)c2cnn(C(C)(C)C)c2)n[nH]c1C1CC1. The van der Waals surface area contributed by atoms with Gasteiger partial charge in [0, 0.05) is 23.4 Å². The summed E-state index contributed by atoms with van der Waals surface area (Å²) in [6.07, 6.45) is 5.16. The number of rotatable bonds is 4. The molecule has 2 heterocycles. The van der Waals surface area contributed by atoms with Gasteiger partial charge in [0.05, 0.1) is 11.7 Å². The van der Waals surface area contributed by atoms with Crippen LogP contribution in [0.15, 0.2) is 17.3 Å². The third-order valence-electron chi connectivity index (χ3n) is 3.82. The average molecular weight is 323 g/mol. The fourth-order valence-corrected chi connectivity index (χ4v) is 3.27. The molecular weight excluding hydrogens is 302 g/mol. The Morgan fingerprint density at radius 3 is 2.59 bits per heavy atom. The van der Waals surface area contributed by atoms with Gasteiger partial charge in [0.15, 0.2) is 5.82 Å². The molecule has 8 heteroatoms. The number of aromatic amines is 1. The molecule has 0 atom stereocenters. The van der Waals surface area contributed by atoms with Crippen molar-refractivity contribution in [3.8, 4) is 0 Å². The van der Waals surface area contributed by atoms with Crippen molar-refractivity contribution in [1.82, 2.24) is 20.0 Å². The predicted octanol–water partition coefficient (Wildman–Crippen LogP) is 2.35. The van der Waals surface area contributed by atoms with Gasteiger partial charge < -0.3 is 0 Å². The lowest BCUT2D eigenvalue weighted by atomic mass is 10.1. The topological polar surface area (TPSA) is 92.7 Å². The number of H-pyrrole nitrogens is 1. The van der Waals surface area contributed by atoms with E-state index >= 15 is 0 Å². The molecule has 120 valence electrons. The van der Waals surface area contributed by atoms with Crippen molar-refractivity contribution < 1.29 is 8.42 Å². The molecule has 7 nitrogen and oxygen atoms in total. The van der Waals surface area contributed by atoms with E-state index in [2.05, 4.69) is 20.0 Å². The highest BCUT2D eigenvalue weighted by Crippen LogP contribution is 2.41. The smallest absolute Gasteiger partial charge is 0.266 e. The van der Waals surface area contributed by atoms with Crippen LogP contribution in [0.4, 0.5) is 5.82 Å². The van der Waals surface area contributed by atoms with Gasteiger partial charge in [0.25, 0.3) is 10.0 Å². The molecule has 0 unspecified atom stereocenters. The Hall–Kier alpha value is -1.83. The highest BCUT2D eigenvalue weighted by atomic mass is 32.2. The molecule has 0 spiro atoms. The molecule has 2 aromatic rings. The number of hydrogen-bond acceptors (Lipinski definition) is 4. The van der Waals surface area contributed by atoms with Crippen molar-refractivity contribution >= 4 is 15.8 Å². The molecule has 0 saturated heterocycles. The van der Waals surface area contributed by atoms with E-state index in [1.165, 1.54) is 12.4 Å². The van der Waals surface area contributed by atoms with Gasteiger partial charge in [-0.05, 0) is 40.5 Å². The van der Waals surface area contributed by atoms with Crippen LogP contribution < -0.4 is 4.72 Å². The van der Waals surface area contributed by atoms with Gasteiger partial charge in [0.2, 0.25) is 0 Å². The Kier molecular flexibility index (Phi) is 3.32. The maximum Gasteiger partial charge on any atom is 0.266 e. The first-order valence-electron chi connectivity index (χ1n) is 7.31. The molecule has 3 rings (SSSR count). The standard InChI is InChI=1S/C14H21N5O2S/c1-9-12(10-5-6-10)16-17-13(9)18-22(20,21)11-7-15-19(8-11)14(2,3)4/h7-8,10H,5-6H2,1-4H3,(H2,16,17,18). The molecule has 0 aliphatic heterocycles. The fraction of sp³-hybridized carbons (Fsp3) is 0.571. The molecule has 0 aromatic carbocycles. The number of nitrogens with zero attached hydrogens (tertiary/aromatic N) is 3. The largest absolute Gasteiger partial charge is 0.280 e. The Labute approximate surface area is 130 Å². The van der Waals surface area contributed by atoms with Crippen LogP contribution in [0.25, 0.3) is 0 Å². The van der Waals surface area contributed by atoms with Gasteiger partial charge in [-0.1, -0.05) is 0 Å². The second-order valence-corrected chi connectivity index (χ2v) is 8.46. The third-order valence-corrected chi connectivity index (χ3v) is 5.11. The maximum atomic E-state index is 12.5. The molecule has 1 saturated carbocycles. The first-order chi connectivity index (χ1) is 10.2. The van der Waals surface area contributed by atoms with Crippen LogP contribution in [0.3, 0.4) is 0 Å². The van der Waals surface area contributed by atoms with Crippen molar-refractivity contribution in [1.29, 1.82) is 0 Å². The molecule has 2 N–H and O–H groups in total. The Morgan fingerprint density at radius 2 is 2.05 bits per heavy atom. The van der Waals surface area contributed by atoms with Gasteiger partial charge >= 0.3 is 0 Å². The third kappa shape index (κ3) is 2.75. The first kappa shape index (κ1) is 15.1. The summed E-state index contributed by atoms with van der Waals surface area (Å²) in [5.74, 6) is 0.861. The predicted molar refractivity (Wildman–Crippen MR) is 83.3 cm³/mol. The van der Waals surface area contributed by atoms with E-state index in [0.717, 1.165) is 24.1 Å². The van der Waals surface area contributed by atoms with Gasteiger partial charge in [-0.25, -0.2) is 8.42 Å². The lowest BCUT2D eigenvalue weighted by molar-refractivity contribution is 0.355. The second kappa shape index (κ2) is 4.84. The zero-order chi connectivity index (χ0) is 16.1. The van der Waals surface area contributed by atoms with Crippen LogP contribution >= 0.6 is 0 Å². The van der Waals surface area contributed by atoms with Crippen LogP contribution in [-0.4, -0.2) is 28.4 Å². The highest BCUT2D eigenvalue weighted by Gasteiger charge is 2.29. The fourth-order valence-electron chi connectivity index (χ4n) is 2.28. The van der Waals surface area contributed by atoms with E-state index in [9.17, 15) is 8.42 Å². The van der Waals surface area contributed by atoms with Crippen molar-refractivity contribution in [2.45, 2.75) is 56.9 Å². The summed E-state index contributed by atoms with van der Waals surface area (Å²) in [5.41, 5.74) is 1.63. The van der Waals surface area contributed by atoms with Crippen molar-refractivity contribution in [3.05, 3.63) is 23.7 Å². The summed E-state index contributed by atoms with van der Waals surface area (Å²) < 4.78 is 29.1. The Bertz CT molecular complexity index is 794. The molecular formula is C14H21N5O2S. The molecule has 0 bridgehead atoms. The summed E-state index contributed by atoms with van der Waals surface area (Å²) in [5, 5.41) is 11.2. The number of hydrogen-bond donors (Lipinski definition) is 2. The average Bonchev–Trinajstić information content (AvgIpc) is 2.98. The number of anilines is 1. The summed E-state index contributed by atoms with van der Waals surface area (Å²) in [4.78, 5) is 0.137. The van der Waals surface area contributed by atoms with Crippen LogP contribution in [0.2, 0.25) is 0 Å². The van der Waals surface area contributed by atoms with E-state index in [4.69, 9.17) is 0 Å². The van der Waals surface area contributed by atoms with E-state index in [1.54, 1.807) is 4.68 Å². The van der Waals surface area contributed by atoms with E-state index < -0.39 is 10.0 Å². The van der Waals surface area contributed by atoms with Gasteiger partial charge in [-0.15, -0.1) is 0 Å². The second-order valence-electron chi connectivity index (χ2n) is 6.78. The normalized spacial score (nSPS) is 16.0. The van der Waals surface area contributed by atoms with Gasteiger partial charge in [-0.2, -0.15) is 10.2 Å². The van der Waals surface area contributed by atoms with E-state index in [-0.39, 0.29) is 10.4 Å². The van der Waals surface area contributed by atoms with Gasteiger partial charge in [-0.3, -0.25) is 14.5 Å².